The van der Waals surface area contributed by atoms with Crippen molar-refractivity contribution in [2.75, 3.05) is 6.54 Å². The van der Waals surface area contributed by atoms with Gasteiger partial charge in [-0.2, -0.15) is 4.98 Å². The summed E-state index contributed by atoms with van der Waals surface area (Å²) < 4.78 is 5.42. The molecule has 8 nitrogen and oxygen atoms in total. The summed E-state index contributed by atoms with van der Waals surface area (Å²) in [6, 6.07) is 0.665. The summed E-state index contributed by atoms with van der Waals surface area (Å²) in [5.74, 6) is 0.943. The summed E-state index contributed by atoms with van der Waals surface area (Å²) in [6.07, 6.45) is 8.66. The van der Waals surface area contributed by atoms with Crippen molar-refractivity contribution < 1.29 is 14.1 Å². The van der Waals surface area contributed by atoms with E-state index in [0.29, 0.717) is 30.6 Å². The van der Waals surface area contributed by atoms with Crippen molar-refractivity contribution in [1.82, 2.24) is 26.1 Å². The van der Waals surface area contributed by atoms with Crippen molar-refractivity contribution in [2.45, 2.75) is 95.7 Å². The molecule has 9 heteroatoms. The van der Waals surface area contributed by atoms with E-state index in [0.717, 1.165) is 57.9 Å². The fourth-order valence-corrected chi connectivity index (χ4v) is 4.41. The first-order valence-electron chi connectivity index (χ1n) is 10.6. The second-order valence-corrected chi connectivity index (χ2v) is 8.33. The van der Waals surface area contributed by atoms with Gasteiger partial charge in [0.25, 0.3) is 0 Å². The molecule has 0 bridgehead atoms. The van der Waals surface area contributed by atoms with Gasteiger partial charge in [-0.1, -0.05) is 30.8 Å². The summed E-state index contributed by atoms with van der Waals surface area (Å²) >= 11 is 0. The third kappa shape index (κ3) is 6.67. The van der Waals surface area contributed by atoms with E-state index < -0.39 is 5.54 Å². The van der Waals surface area contributed by atoms with Gasteiger partial charge in [-0.15, -0.1) is 12.4 Å². The van der Waals surface area contributed by atoms with Crippen LogP contribution in [0.5, 0.6) is 0 Å². The minimum Gasteiger partial charge on any atom is -0.353 e. The Bertz CT molecular complexity index is 673. The molecule has 1 aromatic rings. The van der Waals surface area contributed by atoms with Crippen LogP contribution < -0.4 is 16.0 Å². The molecule has 164 valence electrons. The predicted octanol–water partition coefficient (Wildman–Crippen LogP) is 2.37. The van der Waals surface area contributed by atoms with Gasteiger partial charge in [0.15, 0.2) is 5.82 Å². The number of aryl methyl sites for hydroxylation is 1. The lowest BCUT2D eigenvalue weighted by molar-refractivity contribution is -0.122. The van der Waals surface area contributed by atoms with Crippen LogP contribution in [0.4, 0.5) is 0 Å². The molecular weight excluding hydrogens is 394 g/mol. The first-order chi connectivity index (χ1) is 13.5. The van der Waals surface area contributed by atoms with Crippen molar-refractivity contribution in [1.29, 1.82) is 0 Å². The number of piperidine rings is 1. The van der Waals surface area contributed by atoms with Gasteiger partial charge in [0.2, 0.25) is 17.7 Å². The molecule has 2 heterocycles. The van der Waals surface area contributed by atoms with Crippen molar-refractivity contribution in [3.05, 3.63) is 11.7 Å². The molecule has 0 radical (unpaired) electrons. The van der Waals surface area contributed by atoms with Gasteiger partial charge in [0.05, 0.1) is 0 Å². The summed E-state index contributed by atoms with van der Waals surface area (Å²) in [7, 11) is 0. The summed E-state index contributed by atoms with van der Waals surface area (Å²) in [6.45, 7) is 4.60. The number of hydrogen-bond donors (Lipinski definition) is 3. The van der Waals surface area contributed by atoms with Gasteiger partial charge in [-0.25, -0.2) is 0 Å². The molecule has 3 N–H and O–H groups in total. The predicted molar refractivity (Wildman–Crippen MR) is 112 cm³/mol. The molecule has 1 saturated heterocycles. The number of nitrogens with one attached hydrogen (secondary N) is 3. The Kier molecular flexibility index (Phi) is 8.89. The molecular formula is C20H34ClN5O3. The van der Waals surface area contributed by atoms with E-state index in [9.17, 15) is 9.59 Å². The number of carbonyl (C=O) groups excluding carboxylic acids is 2. The van der Waals surface area contributed by atoms with Crippen LogP contribution in [-0.4, -0.2) is 40.6 Å². The topological polar surface area (TPSA) is 109 Å². The number of halogens is 1. The maximum atomic E-state index is 12.3. The van der Waals surface area contributed by atoms with Crippen LogP contribution in [0.15, 0.2) is 4.52 Å². The number of amides is 2. The molecule has 0 spiro atoms. The Morgan fingerprint density at radius 2 is 1.97 bits per heavy atom. The van der Waals surface area contributed by atoms with Crippen LogP contribution in [0.1, 0.15) is 83.3 Å². The maximum Gasteiger partial charge on any atom is 0.227 e. The van der Waals surface area contributed by atoms with Crippen LogP contribution in [0, 0.1) is 0 Å². The van der Waals surface area contributed by atoms with E-state index in [4.69, 9.17) is 4.52 Å². The van der Waals surface area contributed by atoms with Gasteiger partial charge < -0.3 is 20.5 Å². The molecule has 2 fully saturated rings. The van der Waals surface area contributed by atoms with Crippen molar-refractivity contribution in [3.8, 4) is 0 Å². The number of aromatic nitrogens is 2. The molecule has 1 saturated carbocycles. The van der Waals surface area contributed by atoms with E-state index in [2.05, 4.69) is 33.0 Å². The Hall–Kier alpha value is -1.67. The highest BCUT2D eigenvalue weighted by molar-refractivity contribution is 5.85. The molecule has 2 aliphatic rings. The zero-order chi connectivity index (χ0) is 20.0. The number of rotatable bonds is 6. The van der Waals surface area contributed by atoms with Crippen LogP contribution in [0.3, 0.4) is 0 Å². The van der Waals surface area contributed by atoms with Crippen molar-refractivity contribution in [2.24, 2.45) is 0 Å². The van der Waals surface area contributed by atoms with Crippen molar-refractivity contribution >= 4 is 24.2 Å². The Morgan fingerprint density at radius 3 is 2.62 bits per heavy atom. The fraction of sp³-hybridized carbons (Fsp3) is 0.800. The Balaban J connectivity index is 0.00000300. The van der Waals surface area contributed by atoms with E-state index in [1.54, 1.807) is 0 Å². The smallest absolute Gasteiger partial charge is 0.227 e. The Morgan fingerprint density at radius 1 is 1.24 bits per heavy atom. The standard InChI is InChI=1S/C20H33N5O3.ClH/c1-14-13-16(9-12-21-14)22-17(27)7-8-18-23-19(25-28-18)20(24-15(2)26)10-5-3-4-6-11-20;/h14,16,21H,3-13H2,1-2H3,(H,22,27)(H,24,26);1H. The first-order valence-corrected chi connectivity index (χ1v) is 10.6. The van der Waals surface area contributed by atoms with Crippen LogP contribution >= 0.6 is 12.4 Å². The minimum absolute atomic E-state index is 0. The molecule has 2 atom stereocenters. The van der Waals surface area contributed by atoms with E-state index >= 15 is 0 Å². The average Bonchev–Trinajstić information content (AvgIpc) is 3.00. The number of carbonyl (C=O) groups is 2. The van der Waals surface area contributed by atoms with E-state index in [1.807, 2.05) is 0 Å². The van der Waals surface area contributed by atoms with Gasteiger partial charge in [0.1, 0.15) is 5.54 Å². The lowest BCUT2D eigenvalue weighted by Crippen LogP contribution is -2.46. The van der Waals surface area contributed by atoms with Gasteiger partial charge >= 0.3 is 0 Å². The lowest BCUT2D eigenvalue weighted by atomic mass is 9.89. The molecule has 2 amide bonds. The summed E-state index contributed by atoms with van der Waals surface area (Å²) in [5.41, 5.74) is -0.544. The van der Waals surface area contributed by atoms with Crippen molar-refractivity contribution in [3.63, 3.8) is 0 Å². The van der Waals surface area contributed by atoms with E-state index in [1.165, 1.54) is 6.92 Å². The zero-order valence-corrected chi connectivity index (χ0v) is 18.3. The minimum atomic E-state index is -0.544. The number of nitrogens with zero attached hydrogens (tertiary/aromatic N) is 2. The molecule has 29 heavy (non-hydrogen) atoms. The second-order valence-electron chi connectivity index (χ2n) is 8.33. The highest BCUT2D eigenvalue weighted by Crippen LogP contribution is 2.34. The third-order valence-corrected chi connectivity index (χ3v) is 5.82. The summed E-state index contributed by atoms with van der Waals surface area (Å²) in [5, 5.41) is 13.7. The maximum absolute atomic E-state index is 12.3. The summed E-state index contributed by atoms with van der Waals surface area (Å²) in [4.78, 5) is 28.6. The Labute approximate surface area is 178 Å². The van der Waals surface area contributed by atoms with Crippen LogP contribution in [0.25, 0.3) is 0 Å². The van der Waals surface area contributed by atoms with E-state index in [-0.39, 0.29) is 30.3 Å². The SMILES string of the molecule is CC(=O)NC1(c2noc(CCC(=O)NC3CCNC(C)C3)n2)CCCCCC1.Cl. The number of hydrogen-bond acceptors (Lipinski definition) is 6. The monoisotopic (exact) mass is 427 g/mol. The normalized spacial score (nSPS) is 24.1. The quantitative estimate of drug-likeness (QED) is 0.601. The largest absolute Gasteiger partial charge is 0.353 e. The average molecular weight is 428 g/mol. The molecule has 3 rings (SSSR count). The second kappa shape index (κ2) is 10.9. The lowest BCUT2D eigenvalue weighted by Gasteiger charge is -2.30. The molecule has 1 aliphatic heterocycles. The van der Waals surface area contributed by atoms with Crippen LogP contribution in [-0.2, 0) is 21.5 Å². The zero-order valence-electron chi connectivity index (χ0n) is 17.5. The highest BCUT2D eigenvalue weighted by Gasteiger charge is 2.38. The van der Waals surface area contributed by atoms with Crippen LogP contribution in [0.2, 0.25) is 0 Å². The highest BCUT2D eigenvalue weighted by atomic mass is 35.5. The van der Waals surface area contributed by atoms with Gasteiger partial charge in [0, 0.05) is 31.8 Å². The molecule has 2 unspecified atom stereocenters. The fourth-order valence-electron chi connectivity index (χ4n) is 4.41. The molecule has 1 aliphatic carbocycles. The third-order valence-electron chi connectivity index (χ3n) is 5.82. The van der Waals surface area contributed by atoms with Gasteiger partial charge in [-0.3, -0.25) is 9.59 Å². The van der Waals surface area contributed by atoms with Gasteiger partial charge in [-0.05, 0) is 39.2 Å². The first kappa shape index (κ1) is 23.6. The molecule has 1 aromatic heterocycles. The molecule has 0 aromatic carbocycles.